The maximum absolute atomic E-state index is 13.2. The molecule has 16 heavy (non-hydrogen) atoms. The normalized spacial score (nSPS) is 12.5. The van der Waals surface area contributed by atoms with E-state index >= 15 is 0 Å². The molecule has 90 valence electrons. The summed E-state index contributed by atoms with van der Waals surface area (Å²) >= 11 is 0. The van der Waals surface area contributed by atoms with E-state index in [9.17, 15) is 8.78 Å². The summed E-state index contributed by atoms with van der Waals surface area (Å²) in [6.45, 7) is 0.714. The van der Waals surface area contributed by atoms with Gasteiger partial charge in [-0.1, -0.05) is 0 Å². The molecule has 1 unspecified atom stereocenters. The van der Waals surface area contributed by atoms with Crippen molar-refractivity contribution in [3.63, 3.8) is 0 Å². The summed E-state index contributed by atoms with van der Waals surface area (Å²) in [5.74, 6) is -1.28. The fraction of sp³-hybridized carbons (Fsp3) is 0.455. The summed E-state index contributed by atoms with van der Waals surface area (Å²) in [6, 6.07) is 3.18. The van der Waals surface area contributed by atoms with E-state index in [2.05, 4.69) is 5.32 Å². The van der Waals surface area contributed by atoms with E-state index in [1.165, 1.54) is 6.07 Å². The van der Waals surface area contributed by atoms with Crippen molar-refractivity contribution in [2.75, 3.05) is 27.4 Å². The molecule has 0 radical (unpaired) electrons. The second-order valence-electron chi connectivity index (χ2n) is 3.33. The molecular weight excluding hydrogens is 216 g/mol. The van der Waals surface area contributed by atoms with E-state index in [4.69, 9.17) is 9.47 Å². The lowest BCUT2D eigenvalue weighted by molar-refractivity contribution is 0.138. The number of halogens is 2. The third kappa shape index (κ3) is 3.75. The zero-order valence-corrected chi connectivity index (χ0v) is 9.30. The molecule has 0 heterocycles. The lowest BCUT2D eigenvalue weighted by Gasteiger charge is -2.16. The predicted octanol–water partition coefficient (Wildman–Crippen LogP) is 1.58. The molecule has 1 N–H and O–H groups in total. The molecule has 1 aromatic rings. The average molecular weight is 231 g/mol. The van der Waals surface area contributed by atoms with Crippen molar-refractivity contribution in [2.45, 2.75) is 6.04 Å². The summed E-state index contributed by atoms with van der Waals surface area (Å²) in [4.78, 5) is 0. The third-order valence-corrected chi connectivity index (χ3v) is 2.11. The molecule has 0 bridgehead atoms. The van der Waals surface area contributed by atoms with Gasteiger partial charge in [0.2, 0.25) is 0 Å². The van der Waals surface area contributed by atoms with Crippen molar-refractivity contribution in [3.8, 4) is 5.75 Å². The molecule has 3 nitrogen and oxygen atoms in total. The van der Waals surface area contributed by atoms with Gasteiger partial charge in [0, 0.05) is 13.2 Å². The fourth-order valence-electron chi connectivity index (χ4n) is 1.20. The Morgan fingerprint density at radius 2 is 2.06 bits per heavy atom. The highest BCUT2D eigenvalue weighted by molar-refractivity contribution is 5.24. The molecule has 0 aromatic heterocycles. The van der Waals surface area contributed by atoms with E-state index in [0.717, 1.165) is 12.1 Å². The van der Waals surface area contributed by atoms with Crippen LogP contribution in [-0.2, 0) is 4.74 Å². The summed E-state index contributed by atoms with van der Waals surface area (Å²) < 4.78 is 35.9. The Bertz CT molecular complexity index is 334. The Labute approximate surface area is 93.4 Å². The van der Waals surface area contributed by atoms with Crippen LogP contribution in [-0.4, -0.2) is 33.4 Å². The molecule has 0 saturated heterocycles. The van der Waals surface area contributed by atoms with Gasteiger partial charge in [-0.2, -0.15) is 0 Å². The van der Waals surface area contributed by atoms with Gasteiger partial charge in [-0.15, -0.1) is 0 Å². The van der Waals surface area contributed by atoms with Gasteiger partial charge in [0.15, 0.2) is 11.6 Å². The van der Waals surface area contributed by atoms with Crippen molar-refractivity contribution in [2.24, 2.45) is 0 Å². The molecule has 0 aliphatic heterocycles. The van der Waals surface area contributed by atoms with Gasteiger partial charge < -0.3 is 14.8 Å². The van der Waals surface area contributed by atoms with Crippen LogP contribution in [0.4, 0.5) is 8.78 Å². The smallest absolute Gasteiger partial charge is 0.167 e. The molecule has 5 heteroatoms. The largest absolute Gasteiger partial charge is 0.489 e. The molecule has 0 saturated carbocycles. The van der Waals surface area contributed by atoms with E-state index < -0.39 is 11.6 Å². The molecule has 0 spiro atoms. The molecule has 1 rings (SSSR count). The lowest BCUT2D eigenvalue weighted by Crippen LogP contribution is -2.35. The highest BCUT2D eigenvalue weighted by Gasteiger charge is 2.09. The first-order chi connectivity index (χ1) is 7.67. The molecule has 0 amide bonds. The standard InChI is InChI=1S/C11H15F2NO2/c1-14-9(6-15-2)7-16-11-4-3-8(12)5-10(11)13/h3-5,9,14H,6-7H2,1-2H3. The van der Waals surface area contributed by atoms with E-state index in [0.29, 0.717) is 6.61 Å². The minimum absolute atomic E-state index is 0.0329. The van der Waals surface area contributed by atoms with Crippen LogP contribution in [0.2, 0.25) is 0 Å². The number of likely N-dealkylation sites (N-methyl/N-ethyl adjacent to an activating group) is 1. The lowest BCUT2D eigenvalue weighted by atomic mass is 10.3. The van der Waals surface area contributed by atoms with Crippen LogP contribution in [0, 0.1) is 11.6 Å². The number of benzene rings is 1. The van der Waals surface area contributed by atoms with Crippen LogP contribution >= 0.6 is 0 Å². The van der Waals surface area contributed by atoms with Crippen LogP contribution in [0.25, 0.3) is 0 Å². The fourth-order valence-corrected chi connectivity index (χ4v) is 1.20. The third-order valence-electron chi connectivity index (χ3n) is 2.11. The Morgan fingerprint density at radius 3 is 2.62 bits per heavy atom. The topological polar surface area (TPSA) is 30.5 Å². The van der Waals surface area contributed by atoms with Crippen molar-refractivity contribution < 1.29 is 18.3 Å². The zero-order chi connectivity index (χ0) is 12.0. The van der Waals surface area contributed by atoms with Crippen LogP contribution in [0.15, 0.2) is 18.2 Å². The Morgan fingerprint density at radius 1 is 1.31 bits per heavy atom. The number of methoxy groups -OCH3 is 1. The number of nitrogens with one attached hydrogen (secondary N) is 1. The van der Waals surface area contributed by atoms with Crippen molar-refractivity contribution in [1.82, 2.24) is 5.32 Å². The minimum atomic E-state index is -0.702. The van der Waals surface area contributed by atoms with E-state index in [1.54, 1.807) is 14.2 Å². The van der Waals surface area contributed by atoms with E-state index in [-0.39, 0.29) is 18.4 Å². The number of rotatable bonds is 6. The molecule has 1 atom stereocenters. The number of ether oxygens (including phenoxy) is 2. The van der Waals surface area contributed by atoms with Gasteiger partial charge in [0.25, 0.3) is 0 Å². The molecule has 0 aliphatic rings. The van der Waals surface area contributed by atoms with Gasteiger partial charge in [-0.05, 0) is 19.2 Å². The highest BCUT2D eigenvalue weighted by atomic mass is 19.1. The maximum Gasteiger partial charge on any atom is 0.167 e. The molecule has 0 fully saturated rings. The first kappa shape index (κ1) is 12.9. The highest BCUT2D eigenvalue weighted by Crippen LogP contribution is 2.17. The summed E-state index contributed by atoms with van der Waals surface area (Å²) in [6.07, 6.45) is 0. The SMILES string of the molecule is CNC(COC)COc1ccc(F)cc1F. The molecule has 1 aromatic carbocycles. The summed E-state index contributed by atoms with van der Waals surface area (Å²) in [7, 11) is 3.33. The minimum Gasteiger partial charge on any atom is -0.489 e. The zero-order valence-electron chi connectivity index (χ0n) is 9.30. The first-order valence-electron chi connectivity index (χ1n) is 4.91. The number of hydrogen-bond acceptors (Lipinski definition) is 3. The Balaban J connectivity index is 2.53. The Kier molecular flexibility index (Phi) is 5.14. The molecule has 0 aliphatic carbocycles. The quantitative estimate of drug-likeness (QED) is 0.806. The molecular formula is C11H15F2NO2. The van der Waals surface area contributed by atoms with Gasteiger partial charge in [0.1, 0.15) is 12.4 Å². The first-order valence-corrected chi connectivity index (χ1v) is 4.91. The number of hydrogen-bond donors (Lipinski definition) is 1. The van der Waals surface area contributed by atoms with Crippen LogP contribution in [0.5, 0.6) is 5.75 Å². The monoisotopic (exact) mass is 231 g/mol. The van der Waals surface area contributed by atoms with Gasteiger partial charge in [-0.25, -0.2) is 8.78 Å². The Hall–Kier alpha value is -1.20. The second kappa shape index (κ2) is 6.40. The van der Waals surface area contributed by atoms with Crippen molar-refractivity contribution in [1.29, 1.82) is 0 Å². The average Bonchev–Trinajstić information content (AvgIpc) is 2.26. The van der Waals surface area contributed by atoms with Gasteiger partial charge in [-0.3, -0.25) is 0 Å². The van der Waals surface area contributed by atoms with Crippen molar-refractivity contribution >= 4 is 0 Å². The van der Waals surface area contributed by atoms with Gasteiger partial charge >= 0.3 is 0 Å². The van der Waals surface area contributed by atoms with E-state index in [1.807, 2.05) is 0 Å². The summed E-state index contributed by atoms with van der Waals surface area (Å²) in [5, 5.41) is 2.96. The van der Waals surface area contributed by atoms with Crippen LogP contribution in [0.1, 0.15) is 0 Å². The van der Waals surface area contributed by atoms with Crippen LogP contribution < -0.4 is 10.1 Å². The maximum atomic E-state index is 13.2. The summed E-state index contributed by atoms with van der Waals surface area (Å²) in [5.41, 5.74) is 0. The second-order valence-corrected chi connectivity index (χ2v) is 3.33. The van der Waals surface area contributed by atoms with Crippen molar-refractivity contribution in [3.05, 3.63) is 29.8 Å². The van der Waals surface area contributed by atoms with Gasteiger partial charge in [0.05, 0.1) is 12.6 Å². The van der Waals surface area contributed by atoms with Crippen LogP contribution in [0.3, 0.4) is 0 Å². The predicted molar refractivity (Wildman–Crippen MR) is 56.6 cm³/mol.